The lowest BCUT2D eigenvalue weighted by molar-refractivity contribution is 0.373. The van der Waals surface area contributed by atoms with E-state index in [9.17, 15) is 0 Å². The van der Waals surface area contributed by atoms with Crippen LogP contribution in [0.5, 0.6) is 0 Å². The van der Waals surface area contributed by atoms with Crippen LogP contribution in [0.25, 0.3) is 0 Å². The fourth-order valence-electron chi connectivity index (χ4n) is 0.224. The van der Waals surface area contributed by atoms with Crippen LogP contribution in [0.4, 0.5) is 0 Å². The molecule has 0 N–H and O–H groups in total. The first-order chi connectivity index (χ1) is 3.81. The highest BCUT2D eigenvalue weighted by atomic mass is 15.1. The van der Waals surface area contributed by atoms with Crippen molar-refractivity contribution in [3.8, 4) is 0 Å². The third kappa shape index (κ3) is 40.2. The van der Waals surface area contributed by atoms with E-state index in [1.54, 1.807) is 0 Å². The van der Waals surface area contributed by atoms with Gasteiger partial charge in [0.15, 0.2) is 0 Å². The molecule has 0 radical (unpaired) electrons. The van der Waals surface area contributed by atoms with E-state index in [2.05, 4.69) is 25.8 Å². The van der Waals surface area contributed by atoms with E-state index in [0.717, 1.165) is 13.1 Å². The third-order valence-electron chi connectivity index (χ3n) is 1.08. The second-order valence-electron chi connectivity index (χ2n) is 1.49. The lowest BCUT2D eigenvalue weighted by Gasteiger charge is -2.07. The molecule has 0 aliphatic carbocycles. The van der Waals surface area contributed by atoms with Crippen molar-refractivity contribution in [1.29, 1.82) is 0 Å². The Morgan fingerprint density at radius 3 is 1.00 bits per heavy atom. The zero-order valence-electron chi connectivity index (χ0n) is 6.86. The minimum atomic E-state index is 0. The number of hydrogen-bond donors (Lipinski definition) is 0. The molecule has 0 aromatic rings. The molecular weight excluding hydrogens is 134 g/mol. The molecule has 0 unspecified atom stereocenters. The molecule has 0 atom stereocenters. The highest BCUT2D eigenvalue weighted by Crippen LogP contribution is 1.73. The lowest BCUT2D eigenvalue weighted by atomic mass is 10.6. The molecule has 76 valence electrons. The SMILES string of the molecule is C.C.C.CC.CCN(C)CC. The monoisotopic (exact) mass is 165 g/mol. The van der Waals surface area contributed by atoms with Crippen molar-refractivity contribution >= 4 is 0 Å². The van der Waals surface area contributed by atoms with Gasteiger partial charge >= 0.3 is 0 Å². The van der Waals surface area contributed by atoms with Crippen LogP contribution in [0.1, 0.15) is 50.0 Å². The Morgan fingerprint density at radius 2 is 1.00 bits per heavy atom. The van der Waals surface area contributed by atoms with Crippen LogP contribution in [0.15, 0.2) is 0 Å². The Bertz CT molecular complexity index is 24.1. The van der Waals surface area contributed by atoms with Crippen molar-refractivity contribution in [3.05, 3.63) is 0 Å². The molecule has 1 heteroatoms. The molecule has 0 spiro atoms. The van der Waals surface area contributed by atoms with Crippen LogP contribution in [0.3, 0.4) is 0 Å². The summed E-state index contributed by atoms with van der Waals surface area (Å²) in [6, 6.07) is 0. The summed E-state index contributed by atoms with van der Waals surface area (Å²) in [5, 5.41) is 0. The van der Waals surface area contributed by atoms with Gasteiger partial charge in [0.2, 0.25) is 0 Å². The van der Waals surface area contributed by atoms with Gasteiger partial charge < -0.3 is 4.90 Å². The standard InChI is InChI=1S/C5H13N.C2H6.3CH4/c1-4-6(3)5-2;1-2;;;/h4-5H2,1-3H3;1-2H3;3*1H4. The van der Waals surface area contributed by atoms with Crippen LogP contribution >= 0.6 is 0 Å². The zero-order chi connectivity index (χ0) is 6.99. The van der Waals surface area contributed by atoms with Crippen molar-refractivity contribution < 1.29 is 0 Å². The second-order valence-corrected chi connectivity index (χ2v) is 1.49. The van der Waals surface area contributed by atoms with Crippen LogP contribution in [-0.2, 0) is 0 Å². The molecule has 0 rings (SSSR count). The van der Waals surface area contributed by atoms with E-state index in [4.69, 9.17) is 0 Å². The molecule has 0 fully saturated rings. The van der Waals surface area contributed by atoms with Crippen LogP contribution in [-0.4, -0.2) is 25.0 Å². The zero-order valence-corrected chi connectivity index (χ0v) is 6.86. The quantitative estimate of drug-likeness (QED) is 0.600. The molecule has 0 heterocycles. The van der Waals surface area contributed by atoms with Gasteiger partial charge in [0.1, 0.15) is 0 Å². The fraction of sp³-hybridized carbons (Fsp3) is 1.00. The largest absolute Gasteiger partial charge is 0.307 e. The first kappa shape index (κ1) is 30.6. The van der Waals surface area contributed by atoms with Gasteiger partial charge in [-0.1, -0.05) is 50.0 Å². The van der Waals surface area contributed by atoms with Crippen molar-refractivity contribution in [2.45, 2.75) is 50.0 Å². The van der Waals surface area contributed by atoms with E-state index in [-0.39, 0.29) is 22.3 Å². The van der Waals surface area contributed by atoms with Gasteiger partial charge in [-0.2, -0.15) is 0 Å². The average molecular weight is 165 g/mol. The molecule has 0 saturated heterocycles. The molecule has 0 saturated carbocycles. The normalized spacial score (nSPS) is 6.00. The third-order valence-corrected chi connectivity index (χ3v) is 1.08. The summed E-state index contributed by atoms with van der Waals surface area (Å²) in [6.07, 6.45) is 0. The molecule has 0 bridgehead atoms. The predicted octanol–water partition coefficient (Wildman–Crippen LogP) is 3.89. The summed E-state index contributed by atoms with van der Waals surface area (Å²) in [5.74, 6) is 0. The van der Waals surface area contributed by atoms with Crippen molar-refractivity contribution in [2.75, 3.05) is 20.1 Å². The molecule has 0 aliphatic rings. The minimum absolute atomic E-state index is 0. The molecule has 0 aliphatic heterocycles. The Labute approximate surface area is 75.8 Å². The number of rotatable bonds is 2. The van der Waals surface area contributed by atoms with Gasteiger partial charge in [-0.3, -0.25) is 0 Å². The van der Waals surface area contributed by atoms with E-state index >= 15 is 0 Å². The predicted molar refractivity (Wildman–Crippen MR) is 60.4 cm³/mol. The van der Waals surface area contributed by atoms with E-state index in [1.807, 2.05) is 13.8 Å². The van der Waals surface area contributed by atoms with Crippen molar-refractivity contribution in [2.24, 2.45) is 0 Å². The second kappa shape index (κ2) is 32.5. The van der Waals surface area contributed by atoms with Gasteiger partial charge in [0, 0.05) is 0 Å². The highest BCUT2D eigenvalue weighted by molar-refractivity contribution is 4.36. The molecule has 0 aromatic carbocycles. The van der Waals surface area contributed by atoms with Crippen molar-refractivity contribution in [3.63, 3.8) is 0 Å². The van der Waals surface area contributed by atoms with E-state index in [0.29, 0.717) is 0 Å². The van der Waals surface area contributed by atoms with Crippen LogP contribution < -0.4 is 0 Å². The maximum atomic E-state index is 2.25. The van der Waals surface area contributed by atoms with Crippen LogP contribution in [0.2, 0.25) is 0 Å². The smallest absolute Gasteiger partial charge is 0.00504 e. The summed E-state index contributed by atoms with van der Waals surface area (Å²) in [4.78, 5) is 2.25. The average Bonchev–Trinajstić information content (AvgIpc) is 1.91. The first-order valence-corrected chi connectivity index (χ1v) is 3.49. The molecule has 1 nitrogen and oxygen atoms in total. The Hall–Kier alpha value is -0.0400. The highest BCUT2D eigenvalue weighted by Gasteiger charge is 1.81. The van der Waals surface area contributed by atoms with Gasteiger partial charge in [-0.05, 0) is 20.1 Å². The Morgan fingerprint density at radius 1 is 0.818 bits per heavy atom. The Kier molecular flexibility index (Phi) is 90.4. The fourth-order valence-corrected chi connectivity index (χ4v) is 0.224. The summed E-state index contributed by atoms with van der Waals surface area (Å²) in [6.45, 7) is 10.6. The van der Waals surface area contributed by atoms with Gasteiger partial charge in [0.05, 0.1) is 0 Å². The molecule has 0 amide bonds. The number of nitrogens with zero attached hydrogens (tertiary/aromatic N) is 1. The summed E-state index contributed by atoms with van der Waals surface area (Å²) >= 11 is 0. The number of hydrogen-bond acceptors (Lipinski definition) is 1. The summed E-state index contributed by atoms with van der Waals surface area (Å²) < 4.78 is 0. The first-order valence-electron chi connectivity index (χ1n) is 3.49. The van der Waals surface area contributed by atoms with Gasteiger partial charge in [0.25, 0.3) is 0 Å². The summed E-state index contributed by atoms with van der Waals surface area (Å²) in [7, 11) is 2.11. The lowest BCUT2D eigenvalue weighted by Crippen LogP contribution is -2.15. The van der Waals surface area contributed by atoms with Gasteiger partial charge in [-0.15, -0.1) is 0 Å². The van der Waals surface area contributed by atoms with E-state index in [1.165, 1.54) is 0 Å². The maximum absolute atomic E-state index is 2.25. The minimum Gasteiger partial charge on any atom is -0.307 e. The maximum Gasteiger partial charge on any atom is -0.00504 e. The molecule has 0 aromatic heterocycles. The van der Waals surface area contributed by atoms with Crippen molar-refractivity contribution in [1.82, 2.24) is 4.90 Å². The molecular formula is C10H31N. The summed E-state index contributed by atoms with van der Waals surface area (Å²) in [5.41, 5.74) is 0. The van der Waals surface area contributed by atoms with Crippen LogP contribution in [0, 0.1) is 0 Å². The molecule has 11 heavy (non-hydrogen) atoms. The van der Waals surface area contributed by atoms with E-state index < -0.39 is 0 Å². The topological polar surface area (TPSA) is 3.24 Å². The Balaban J connectivity index is -0.0000000222. The van der Waals surface area contributed by atoms with Gasteiger partial charge in [-0.25, -0.2) is 0 Å².